The Balaban J connectivity index is 2.33. The monoisotopic (exact) mass is 167 g/mol. The molecule has 0 radical (unpaired) electrons. The third kappa shape index (κ3) is 2.19. The molecular formula is C9H13NO2. The van der Waals surface area contributed by atoms with Crippen LogP contribution < -0.4 is 0 Å². The highest BCUT2D eigenvalue weighted by Gasteiger charge is 2.23. The molecule has 1 atom stereocenters. The lowest BCUT2D eigenvalue weighted by Gasteiger charge is -2.00. The van der Waals surface area contributed by atoms with E-state index in [9.17, 15) is 4.79 Å². The molecule has 1 aliphatic heterocycles. The summed E-state index contributed by atoms with van der Waals surface area (Å²) in [5.74, 6) is 0.0485. The van der Waals surface area contributed by atoms with Crippen LogP contribution in [0.2, 0.25) is 0 Å². The quantitative estimate of drug-likeness (QED) is 0.597. The van der Waals surface area contributed by atoms with Crippen LogP contribution in [0.25, 0.3) is 0 Å². The average Bonchev–Trinajstić information content (AvgIpc) is 2.48. The van der Waals surface area contributed by atoms with Crippen molar-refractivity contribution in [2.45, 2.75) is 32.3 Å². The van der Waals surface area contributed by atoms with E-state index >= 15 is 0 Å². The molecule has 12 heavy (non-hydrogen) atoms. The normalized spacial score (nSPS) is 21.4. The number of carbonyl (C=O) groups excluding carboxylic acids is 1. The van der Waals surface area contributed by atoms with Gasteiger partial charge in [0.05, 0.1) is 5.71 Å². The maximum Gasteiger partial charge on any atom is 0.190 e. The van der Waals surface area contributed by atoms with Crippen LogP contribution in [-0.4, -0.2) is 17.6 Å². The predicted molar refractivity (Wildman–Crippen MR) is 47.0 cm³/mol. The first-order valence-corrected chi connectivity index (χ1v) is 4.07. The van der Waals surface area contributed by atoms with Crippen molar-refractivity contribution in [3.05, 3.63) is 12.7 Å². The summed E-state index contributed by atoms with van der Waals surface area (Å²) in [6, 6.07) is 0. The number of allylic oxidation sites excluding steroid dienone is 1. The molecule has 0 aromatic heterocycles. The van der Waals surface area contributed by atoms with Crippen LogP contribution in [-0.2, 0) is 9.63 Å². The topological polar surface area (TPSA) is 38.7 Å². The zero-order chi connectivity index (χ0) is 8.97. The molecule has 1 aliphatic rings. The molecule has 0 amide bonds. The second kappa shape index (κ2) is 4.04. The fourth-order valence-electron chi connectivity index (χ4n) is 1.06. The molecule has 0 aromatic rings. The van der Waals surface area contributed by atoms with Crippen molar-refractivity contribution in [1.29, 1.82) is 0 Å². The third-order valence-corrected chi connectivity index (χ3v) is 1.82. The van der Waals surface area contributed by atoms with Crippen molar-refractivity contribution in [2.24, 2.45) is 5.16 Å². The van der Waals surface area contributed by atoms with Crippen molar-refractivity contribution < 1.29 is 9.63 Å². The fraction of sp³-hybridized carbons (Fsp3) is 0.556. The van der Waals surface area contributed by atoms with Crippen molar-refractivity contribution in [2.75, 3.05) is 0 Å². The van der Waals surface area contributed by atoms with Crippen LogP contribution in [0, 0.1) is 0 Å². The maximum absolute atomic E-state index is 10.8. The third-order valence-electron chi connectivity index (χ3n) is 1.82. The van der Waals surface area contributed by atoms with E-state index in [2.05, 4.69) is 11.7 Å². The second-order valence-corrected chi connectivity index (χ2v) is 2.89. The van der Waals surface area contributed by atoms with E-state index in [4.69, 9.17) is 4.84 Å². The fourth-order valence-corrected chi connectivity index (χ4v) is 1.06. The number of hydrogen-bond donors (Lipinski definition) is 0. The van der Waals surface area contributed by atoms with Gasteiger partial charge >= 0.3 is 0 Å². The van der Waals surface area contributed by atoms with Crippen LogP contribution in [0.1, 0.15) is 26.2 Å². The van der Waals surface area contributed by atoms with E-state index in [1.165, 1.54) is 6.92 Å². The van der Waals surface area contributed by atoms with Gasteiger partial charge in [-0.1, -0.05) is 11.2 Å². The Morgan fingerprint density at radius 2 is 2.67 bits per heavy atom. The standard InChI is InChI=1S/C9H13NO2/c1-3-4-5-8-6-9(7(2)11)12-10-8/h3,9H,1,4-6H2,2H3. The van der Waals surface area contributed by atoms with Gasteiger partial charge in [0.1, 0.15) is 0 Å². The zero-order valence-electron chi connectivity index (χ0n) is 7.25. The number of nitrogens with zero attached hydrogens (tertiary/aromatic N) is 1. The highest BCUT2D eigenvalue weighted by atomic mass is 16.6. The molecule has 1 rings (SSSR count). The van der Waals surface area contributed by atoms with Gasteiger partial charge in [0, 0.05) is 6.42 Å². The summed E-state index contributed by atoms with van der Waals surface area (Å²) in [7, 11) is 0. The van der Waals surface area contributed by atoms with E-state index in [0.29, 0.717) is 6.42 Å². The zero-order valence-corrected chi connectivity index (χ0v) is 7.25. The van der Waals surface area contributed by atoms with Gasteiger partial charge in [-0.15, -0.1) is 6.58 Å². The molecule has 0 aromatic carbocycles. The Bertz CT molecular complexity index is 221. The van der Waals surface area contributed by atoms with Crippen molar-refractivity contribution in [1.82, 2.24) is 0 Å². The summed E-state index contributed by atoms with van der Waals surface area (Å²) < 4.78 is 0. The summed E-state index contributed by atoms with van der Waals surface area (Å²) in [5, 5.41) is 3.82. The molecule has 3 nitrogen and oxygen atoms in total. The van der Waals surface area contributed by atoms with E-state index in [-0.39, 0.29) is 11.9 Å². The maximum atomic E-state index is 10.8. The van der Waals surface area contributed by atoms with Crippen LogP contribution in [0.3, 0.4) is 0 Å². The Hall–Kier alpha value is -1.12. The highest BCUT2D eigenvalue weighted by Crippen LogP contribution is 2.14. The molecule has 66 valence electrons. The van der Waals surface area contributed by atoms with Gasteiger partial charge in [-0.3, -0.25) is 4.79 Å². The lowest BCUT2D eigenvalue weighted by Crippen LogP contribution is -2.17. The summed E-state index contributed by atoms with van der Waals surface area (Å²) in [5.41, 5.74) is 0.968. The van der Waals surface area contributed by atoms with Gasteiger partial charge in [0.2, 0.25) is 0 Å². The van der Waals surface area contributed by atoms with Crippen molar-refractivity contribution in [3.63, 3.8) is 0 Å². The van der Waals surface area contributed by atoms with Gasteiger partial charge in [-0.25, -0.2) is 0 Å². The molecule has 0 saturated heterocycles. The van der Waals surface area contributed by atoms with Crippen LogP contribution in [0.5, 0.6) is 0 Å². The number of carbonyl (C=O) groups is 1. The van der Waals surface area contributed by atoms with E-state index in [0.717, 1.165) is 18.6 Å². The molecule has 0 bridgehead atoms. The Kier molecular flexibility index (Phi) is 3.02. The predicted octanol–water partition coefficient (Wildman–Crippen LogP) is 1.69. The second-order valence-electron chi connectivity index (χ2n) is 2.89. The molecule has 0 spiro atoms. The molecule has 1 unspecified atom stereocenters. The largest absolute Gasteiger partial charge is 0.384 e. The average molecular weight is 167 g/mol. The van der Waals surface area contributed by atoms with E-state index in [1.807, 2.05) is 6.08 Å². The summed E-state index contributed by atoms with van der Waals surface area (Å²) in [6.45, 7) is 5.14. The van der Waals surface area contributed by atoms with Gasteiger partial charge in [0.15, 0.2) is 11.9 Å². The van der Waals surface area contributed by atoms with Crippen molar-refractivity contribution >= 4 is 11.5 Å². The van der Waals surface area contributed by atoms with Gasteiger partial charge in [0.25, 0.3) is 0 Å². The summed E-state index contributed by atoms with van der Waals surface area (Å²) >= 11 is 0. The van der Waals surface area contributed by atoms with Crippen LogP contribution >= 0.6 is 0 Å². The Morgan fingerprint density at radius 1 is 1.92 bits per heavy atom. The summed E-state index contributed by atoms with van der Waals surface area (Å²) in [6.07, 6.45) is 3.91. The van der Waals surface area contributed by atoms with Gasteiger partial charge in [-0.2, -0.15) is 0 Å². The minimum Gasteiger partial charge on any atom is -0.384 e. The number of oxime groups is 1. The summed E-state index contributed by atoms with van der Waals surface area (Å²) in [4.78, 5) is 15.8. The molecule has 3 heteroatoms. The lowest BCUT2D eigenvalue weighted by atomic mass is 10.1. The SMILES string of the molecule is C=CCCC1=NOC(C(C)=O)C1. The minimum atomic E-state index is -0.329. The molecule has 1 heterocycles. The number of ketones is 1. The van der Waals surface area contributed by atoms with E-state index < -0.39 is 0 Å². The first-order valence-electron chi connectivity index (χ1n) is 4.07. The minimum absolute atomic E-state index is 0.0485. The number of hydrogen-bond acceptors (Lipinski definition) is 3. The molecule has 0 fully saturated rings. The number of Topliss-reactive ketones (excluding diaryl/α,β-unsaturated/α-hetero) is 1. The Labute approximate surface area is 72.1 Å². The Morgan fingerprint density at radius 3 is 3.17 bits per heavy atom. The lowest BCUT2D eigenvalue weighted by molar-refractivity contribution is -0.126. The van der Waals surface area contributed by atoms with E-state index in [1.54, 1.807) is 0 Å². The molecule has 0 N–H and O–H groups in total. The smallest absolute Gasteiger partial charge is 0.190 e. The van der Waals surface area contributed by atoms with Crippen molar-refractivity contribution in [3.8, 4) is 0 Å². The van der Waals surface area contributed by atoms with Gasteiger partial charge < -0.3 is 4.84 Å². The first kappa shape index (κ1) is 8.97. The molecule has 0 saturated carbocycles. The van der Waals surface area contributed by atoms with Crippen LogP contribution in [0.15, 0.2) is 17.8 Å². The first-order chi connectivity index (χ1) is 5.74. The molecular weight excluding hydrogens is 154 g/mol. The number of rotatable bonds is 4. The van der Waals surface area contributed by atoms with Gasteiger partial charge in [-0.05, 0) is 19.8 Å². The van der Waals surface area contributed by atoms with Crippen LogP contribution in [0.4, 0.5) is 0 Å². The molecule has 0 aliphatic carbocycles. The highest BCUT2D eigenvalue weighted by molar-refractivity contribution is 5.92.